The second kappa shape index (κ2) is 9.23. The number of rotatable bonds is 6. The highest BCUT2D eigenvalue weighted by molar-refractivity contribution is 6.09. The zero-order valence-electron chi connectivity index (χ0n) is 17.4. The summed E-state index contributed by atoms with van der Waals surface area (Å²) in [4.78, 5) is 25.4. The van der Waals surface area contributed by atoms with Crippen LogP contribution >= 0.6 is 0 Å². The summed E-state index contributed by atoms with van der Waals surface area (Å²) >= 11 is 0. The Hall–Kier alpha value is -3.65. The molecular formula is C24H21F3N2O3. The lowest BCUT2D eigenvalue weighted by atomic mass is 9.95. The van der Waals surface area contributed by atoms with Crippen molar-refractivity contribution < 1.29 is 27.9 Å². The van der Waals surface area contributed by atoms with Gasteiger partial charge in [-0.25, -0.2) is 13.2 Å². The van der Waals surface area contributed by atoms with Crippen molar-refractivity contribution in [2.24, 2.45) is 0 Å². The number of nitrogens with one attached hydrogen (secondary N) is 2. The van der Waals surface area contributed by atoms with E-state index < -0.39 is 34.9 Å². The van der Waals surface area contributed by atoms with Gasteiger partial charge in [0, 0.05) is 11.6 Å². The van der Waals surface area contributed by atoms with Crippen LogP contribution in [0.2, 0.25) is 0 Å². The number of amides is 2. The van der Waals surface area contributed by atoms with Crippen LogP contribution in [-0.4, -0.2) is 23.5 Å². The molecule has 0 aliphatic heterocycles. The predicted molar refractivity (Wildman–Crippen MR) is 114 cm³/mol. The van der Waals surface area contributed by atoms with Gasteiger partial charge in [0.05, 0.1) is 23.4 Å². The Morgan fingerprint density at radius 2 is 1.59 bits per heavy atom. The SMILES string of the molecule is Cc1cccc(C(=O)NCC(C)(O)c2ccc(F)cc2F)c1NC(=O)c1ccccc1F. The number of hydrogen-bond donors (Lipinski definition) is 3. The van der Waals surface area contributed by atoms with Gasteiger partial charge in [0.15, 0.2) is 0 Å². The smallest absolute Gasteiger partial charge is 0.258 e. The molecule has 5 nitrogen and oxygen atoms in total. The average Bonchev–Trinajstić information content (AvgIpc) is 2.73. The van der Waals surface area contributed by atoms with E-state index in [1.807, 2.05) is 0 Å². The fourth-order valence-electron chi connectivity index (χ4n) is 3.22. The quantitative estimate of drug-likeness (QED) is 0.533. The summed E-state index contributed by atoms with van der Waals surface area (Å²) < 4.78 is 41.2. The van der Waals surface area contributed by atoms with Gasteiger partial charge < -0.3 is 15.7 Å². The van der Waals surface area contributed by atoms with Crippen LogP contribution in [0, 0.1) is 24.4 Å². The van der Waals surface area contributed by atoms with E-state index in [9.17, 15) is 27.9 Å². The molecule has 3 aromatic carbocycles. The van der Waals surface area contributed by atoms with Crippen molar-refractivity contribution in [3.63, 3.8) is 0 Å². The molecule has 0 radical (unpaired) electrons. The number of carbonyl (C=O) groups excluding carboxylic acids is 2. The lowest BCUT2D eigenvalue weighted by Gasteiger charge is -2.25. The highest BCUT2D eigenvalue weighted by Crippen LogP contribution is 2.25. The summed E-state index contributed by atoms with van der Waals surface area (Å²) in [6, 6.07) is 12.9. The van der Waals surface area contributed by atoms with Crippen LogP contribution in [-0.2, 0) is 5.60 Å². The second-order valence-corrected chi connectivity index (χ2v) is 7.51. The van der Waals surface area contributed by atoms with E-state index in [0.29, 0.717) is 11.6 Å². The molecule has 1 atom stereocenters. The standard InChI is InChI=1S/C24H21F3N2O3/c1-14-6-5-8-17(21(14)29-23(31)16-7-3-4-9-19(16)26)22(30)28-13-24(2,32)18-11-10-15(25)12-20(18)27/h3-12,32H,13H2,1-2H3,(H,28,30)(H,29,31). The maximum Gasteiger partial charge on any atom is 0.258 e. The second-order valence-electron chi connectivity index (χ2n) is 7.51. The molecule has 0 saturated carbocycles. The number of aryl methyl sites for hydroxylation is 1. The van der Waals surface area contributed by atoms with E-state index in [1.165, 1.54) is 31.2 Å². The Bertz CT molecular complexity index is 1180. The Morgan fingerprint density at radius 1 is 0.906 bits per heavy atom. The highest BCUT2D eigenvalue weighted by Gasteiger charge is 2.28. The van der Waals surface area contributed by atoms with Crippen LogP contribution in [0.5, 0.6) is 0 Å². The molecule has 3 aromatic rings. The monoisotopic (exact) mass is 442 g/mol. The van der Waals surface area contributed by atoms with Gasteiger partial charge in [0.25, 0.3) is 11.8 Å². The molecule has 2 amide bonds. The number of aliphatic hydroxyl groups is 1. The molecule has 0 spiro atoms. The lowest BCUT2D eigenvalue weighted by molar-refractivity contribution is 0.0494. The fourth-order valence-corrected chi connectivity index (χ4v) is 3.22. The summed E-state index contributed by atoms with van der Waals surface area (Å²) in [5.41, 5.74) is -1.39. The van der Waals surface area contributed by atoms with Gasteiger partial charge in [0.1, 0.15) is 23.1 Å². The number of carbonyl (C=O) groups is 2. The van der Waals surface area contributed by atoms with Crippen molar-refractivity contribution in [2.45, 2.75) is 19.4 Å². The predicted octanol–water partition coefficient (Wildman–Crippen LogP) is 4.30. The summed E-state index contributed by atoms with van der Waals surface area (Å²) in [6.07, 6.45) is 0. The number of benzene rings is 3. The van der Waals surface area contributed by atoms with Crippen LogP contribution in [0.4, 0.5) is 18.9 Å². The van der Waals surface area contributed by atoms with Crippen molar-refractivity contribution in [2.75, 3.05) is 11.9 Å². The minimum atomic E-state index is -1.83. The molecule has 32 heavy (non-hydrogen) atoms. The van der Waals surface area contributed by atoms with Crippen molar-refractivity contribution in [1.29, 1.82) is 0 Å². The molecule has 0 saturated heterocycles. The molecular weight excluding hydrogens is 421 g/mol. The first kappa shape index (κ1) is 23.0. The normalized spacial score (nSPS) is 12.7. The Morgan fingerprint density at radius 3 is 2.28 bits per heavy atom. The van der Waals surface area contributed by atoms with Gasteiger partial charge in [-0.15, -0.1) is 0 Å². The first-order chi connectivity index (χ1) is 15.1. The third kappa shape index (κ3) is 4.97. The van der Waals surface area contributed by atoms with E-state index in [-0.39, 0.29) is 28.9 Å². The van der Waals surface area contributed by atoms with Crippen molar-refractivity contribution in [1.82, 2.24) is 5.32 Å². The van der Waals surface area contributed by atoms with Gasteiger partial charge in [-0.3, -0.25) is 9.59 Å². The maximum atomic E-state index is 14.1. The largest absolute Gasteiger partial charge is 0.383 e. The first-order valence-corrected chi connectivity index (χ1v) is 9.72. The van der Waals surface area contributed by atoms with E-state index in [2.05, 4.69) is 10.6 Å². The minimum Gasteiger partial charge on any atom is -0.383 e. The van der Waals surface area contributed by atoms with Crippen LogP contribution < -0.4 is 10.6 Å². The summed E-state index contributed by atoms with van der Waals surface area (Å²) in [5.74, 6) is -3.83. The summed E-state index contributed by atoms with van der Waals surface area (Å²) in [5, 5.41) is 15.7. The molecule has 0 fully saturated rings. The van der Waals surface area contributed by atoms with Crippen molar-refractivity contribution in [3.8, 4) is 0 Å². The van der Waals surface area contributed by atoms with Gasteiger partial charge in [0.2, 0.25) is 0 Å². The number of hydrogen-bond acceptors (Lipinski definition) is 3. The van der Waals surface area contributed by atoms with E-state index >= 15 is 0 Å². The molecule has 0 bridgehead atoms. The fraction of sp³-hybridized carbons (Fsp3) is 0.167. The topological polar surface area (TPSA) is 78.4 Å². The number of para-hydroxylation sites is 1. The van der Waals surface area contributed by atoms with Gasteiger partial charge in [-0.1, -0.05) is 30.3 Å². The highest BCUT2D eigenvalue weighted by atomic mass is 19.1. The first-order valence-electron chi connectivity index (χ1n) is 9.72. The molecule has 0 aliphatic rings. The average molecular weight is 442 g/mol. The van der Waals surface area contributed by atoms with Gasteiger partial charge >= 0.3 is 0 Å². The zero-order valence-corrected chi connectivity index (χ0v) is 17.4. The molecule has 0 aromatic heterocycles. The van der Waals surface area contributed by atoms with Gasteiger partial charge in [-0.05, 0) is 43.7 Å². The number of anilines is 1. The maximum absolute atomic E-state index is 14.1. The molecule has 8 heteroatoms. The molecule has 0 aliphatic carbocycles. The Labute approximate surface area is 182 Å². The molecule has 166 valence electrons. The third-order valence-electron chi connectivity index (χ3n) is 4.98. The lowest BCUT2D eigenvalue weighted by Crippen LogP contribution is -2.39. The van der Waals surface area contributed by atoms with Crippen LogP contribution in [0.15, 0.2) is 60.7 Å². The minimum absolute atomic E-state index is 0.0741. The van der Waals surface area contributed by atoms with E-state index in [4.69, 9.17) is 0 Å². The van der Waals surface area contributed by atoms with E-state index in [1.54, 1.807) is 19.1 Å². The summed E-state index contributed by atoms with van der Waals surface area (Å²) in [6.45, 7) is 2.56. The van der Waals surface area contributed by atoms with Crippen LogP contribution in [0.3, 0.4) is 0 Å². The number of halogens is 3. The van der Waals surface area contributed by atoms with E-state index in [0.717, 1.165) is 18.2 Å². The summed E-state index contributed by atoms with van der Waals surface area (Å²) in [7, 11) is 0. The van der Waals surface area contributed by atoms with Crippen LogP contribution in [0.1, 0.15) is 38.8 Å². The third-order valence-corrected chi connectivity index (χ3v) is 4.98. The van der Waals surface area contributed by atoms with Crippen LogP contribution in [0.25, 0.3) is 0 Å². The Kier molecular flexibility index (Phi) is 6.64. The molecule has 3 N–H and O–H groups in total. The van der Waals surface area contributed by atoms with Crippen molar-refractivity contribution >= 4 is 17.5 Å². The van der Waals surface area contributed by atoms with Gasteiger partial charge in [-0.2, -0.15) is 0 Å². The zero-order chi connectivity index (χ0) is 23.5. The van der Waals surface area contributed by atoms with Crippen molar-refractivity contribution in [3.05, 3.63) is 100 Å². The molecule has 0 heterocycles. The molecule has 3 rings (SSSR count). The molecule has 1 unspecified atom stereocenters. The Balaban J connectivity index is 1.81.